The quantitative estimate of drug-likeness (QED) is 0.859. The lowest BCUT2D eigenvalue weighted by Crippen LogP contribution is -2.36. The van der Waals surface area contributed by atoms with Crippen LogP contribution in [0.2, 0.25) is 0 Å². The fourth-order valence-electron chi connectivity index (χ4n) is 4.51. The van der Waals surface area contributed by atoms with Gasteiger partial charge < -0.3 is 9.84 Å². The summed E-state index contributed by atoms with van der Waals surface area (Å²) in [6.45, 7) is 4.18. The minimum Gasteiger partial charge on any atom is -0.496 e. The third-order valence-electron chi connectivity index (χ3n) is 6.18. The Morgan fingerprint density at radius 3 is 2.14 bits per heavy atom. The number of ether oxygens (including phenoxy) is 1. The van der Waals surface area contributed by atoms with Crippen LogP contribution in [0.3, 0.4) is 0 Å². The summed E-state index contributed by atoms with van der Waals surface area (Å²) in [7, 11) is 1.72. The van der Waals surface area contributed by atoms with E-state index in [1.807, 2.05) is 0 Å². The Morgan fingerprint density at radius 1 is 0.952 bits per heavy atom. The molecule has 0 bridgehead atoms. The molecule has 0 atom stereocenters. The second-order valence-electron chi connectivity index (χ2n) is 7.33. The zero-order valence-corrected chi connectivity index (χ0v) is 13.7. The zero-order chi connectivity index (χ0) is 15.1. The van der Waals surface area contributed by atoms with Gasteiger partial charge in [0.15, 0.2) is 0 Å². The summed E-state index contributed by atoms with van der Waals surface area (Å²) in [5.74, 6) is 0.889. The molecule has 1 aromatic rings. The Kier molecular flexibility index (Phi) is 3.77. The van der Waals surface area contributed by atoms with Crippen LogP contribution in [0.15, 0.2) is 12.1 Å². The van der Waals surface area contributed by atoms with Crippen molar-refractivity contribution in [3.8, 4) is 5.75 Å². The Labute approximate surface area is 128 Å². The van der Waals surface area contributed by atoms with Crippen LogP contribution < -0.4 is 4.74 Å². The number of methoxy groups -OCH3 is 1. The van der Waals surface area contributed by atoms with E-state index in [1.165, 1.54) is 44.1 Å². The predicted molar refractivity (Wildman–Crippen MR) is 85.7 cm³/mol. The van der Waals surface area contributed by atoms with Gasteiger partial charge in [0.05, 0.1) is 12.7 Å². The highest BCUT2D eigenvalue weighted by molar-refractivity contribution is 5.48. The lowest BCUT2D eigenvalue weighted by molar-refractivity contribution is -0.0391. The Morgan fingerprint density at radius 2 is 1.57 bits per heavy atom. The summed E-state index contributed by atoms with van der Waals surface area (Å²) in [5, 5.41) is 11.2. The third kappa shape index (κ3) is 2.48. The molecule has 0 amide bonds. The van der Waals surface area contributed by atoms with Crippen molar-refractivity contribution in [3.05, 3.63) is 28.8 Å². The van der Waals surface area contributed by atoms with E-state index >= 15 is 0 Å². The fourth-order valence-corrected chi connectivity index (χ4v) is 4.51. The maximum Gasteiger partial charge on any atom is 0.128 e. The van der Waals surface area contributed by atoms with Crippen LogP contribution in [0.25, 0.3) is 0 Å². The topological polar surface area (TPSA) is 29.5 Å². The lowest BCUT2D eigenvalue weighted by atomic mass is 9.65. The smallest absolute Gasteiger partial charge is 0.128 e. The number of aryl methyl sites for hydroxylation is 1. The third-order valence-corrected chi connectivity index (χ3v) is 6.18. The molecule has 0 heterocycles. The van der Waals surface area contributed by atoms with E-state index in [0.29, 0.717) is 5.41 Å². The van der Waals surface area contributed by atoms with Gasteiger partial charge in [-0.3, -0.25) is 0 Å². The van der Waals surface area contributed by atoms with Gasteiger partial charge in [0.2, 0.25) is 0 Å². The number of hydrogen-bond acceptors (Lipinski definition) is 2. The zero-order valence-electron chi connectivity index (χ0n) is 13.7. The van der Waals surface area contributed by atoms with Crippen LogP contribution in [0.4, 0.5) is 0 Å². The van der Waals surface area contributed by atoms with Crippen molar-refractivity contribution in [2.45, 2.75) is 70.8 Å². The van der Waals surface area contributed by atoms with E-state index in [9.17, 15) is 5.11 Å². The molecule has 2 aliphatic carbocycles. The molecule has 1 aromatic carbocycles. The summed E-state index contributed by atoms with van der Waals surface area (Å²) in [6.07, 6.45) is 9.59. The summed E-state index contributed by atoms with van der Waals surface area (Å²) in [6, 6.07) is 4.19. The van der Waals surface area contributed by atoms with Gasteiger partial charge in [0, 0.05) is 5.56 Å². The van der Waals surface area contributed by atoms with Gasteiger partial charge in [-0.25, -0.2) is 0 Å². The molecule has 1 spiro atoms. The van der Waals surface area contributed by atoms with Gasteiger partial charge in [-0.05, 0) is 68.9 Å². The molecule has 2 nitrogen and oxygen atoms in total. The standard InChI is InChI=1S/C19H28O2/c1-14-6-7-16(17(21-3)15(14)2)19(20)12-10-18(11-13-19)8-4-5-9-18/h6-7,20H,4-5,8-13H2,1-3H3. The van der Waals surface area contributed by atoms with Crippen LogP contribution >= 0.6 is 0 Å². The molecule has 0 aromatic heterocycles. The van der Waals surface area contributed by atoms with Crippen molar-refractivity contribution in [2.75, 3.05) is 7.11 Å². The highest BCUT2D eigenvalue weighted by Crippen LogP contribution is 2.54. The number of hydrogen-bond donors (Lipinski definition) is 1. The van der Waals surface area contributed by atoms with Crippen LogP contribution in [0.5, 0.6) is 5.75 Å². The molecule has 2 heteroatoms. The highest BCUT2D eigenvalue weighted by Gasteiger charge is 2.44. The maximum atomic E-state index is 11.2. The van der Waals surface area contributed by atoms with E-state index < -0.39 is 5.60 Å². The first-order valence-corrected chi connectivity index (χ1v) is 8.37. The second kappa shape index (κ2) is 5.31. The molecule has 0 radical (unpaired) electrons. The average molecular weight is 288 g/mol. The SMILES string of the molecule is COc1c(C2(O)CCC3(CCCC3)CC2)ccc(C)c1C. The molecular formula is C19H28O2. The lowest BCUT2D eigenvalue weighted by Gasteiger charge is -2.43. The molecule has 2 aliphatic rings. The van der Waals surface area contributed by atoms with Crippen molar-refractivity contribution in [1.82, 2.24) is 0 Å². The summed E-state index contributed by atoms with van der Waals surface area (Å²) < 4.78 is 5.63. The van der Waals surface area contributed by atoms with E-state index in [2.05, 4.69) is 26.0 Å². The molecule has 0 aliphatic heterocycles. The fraction of sp³-hybridized carbons (Fsp3) is 0.684. The Hall–Kier alpha value is -1.02. The first kappa shape index (κ1) is 14.9. The minimum absolute atomic E-state index is 0.541. The molecule has 2 saturated carbocycles. The molecule has 3 rings (SSSR count). The number of aliphatic hydroxyl groups is 1. The normalized spacial score (nSPS) is 23.4. The first-order chi connectivity index (χ1) is 10.00. The molecule has 21 heavy (non-hydrogen) atoms. The van der Waals surface area contributed by atoms with Crippen molar-refractivity contribution < 1.29 is 9.84 Å². The average Bonchev–Trinajstić information content (AvgIpc) is 2.94. The molecule has 0 saturated heterocycles. The van der Waals surface area contributed by atoms with Crippen molar-refractivity contribution in [1.29, 1.82) is 0 Å². The van der Waals surface area contributed by atoms with Crippen LogP contribution in [-0.2, 0) is 5.60 Å². The van der Waals surface area contributed by atoms with Crippen molar-refractivity contribution >= 4 is 0 Å². The Bertz CT molecular complexity index is 517. The summed E-state index contributed by atoms with van der Waals surface area (Å²) in [4.78, 5) is 0. The van der Waals surface area contributed by atoms with Gasteiger partial charge in [-0.2, -0.15) is 0 Å². The molecule has 116 valence electrons. The van der Waals surface area contributed by atoms with Gasteiger partial charge >= 0.3 is 0 Å². The van der Waals surface area contributed by atoms with E-state index in [0.717, 1.165) is 29.7 Å². The summed E-state index contributed by atoms with van der Waals surface area (Å²) in [5.41, 5.74) is 3.23. The second-order valence-corrected chi connectivity index (χ2v) is 7.33. The number of benzene rings is 1. The van der Waals surface area contributed by atoms with Gasteiger partial charge in [0.1, 0.15) is 5.75 Å². The molecule has 0 unspecified atom stereocenters. The minimum atomic E-state index is -0.697. The predicted octanol–water partition coefficient (Wildman–Crippen LogP) is 4.63. The summed E-state index contributed by atoms with van der Waals surface area (Å²) >= 11 is 0. The largest absolute Gasteiger partial charge is 0.496 e. The van der Waals surface area contributed by atoms with Gasteiger partial charge in [-0.15, -0.1) is 0 Å². The van der Waals surface area contributed by atoms with Crippen LogP contribution in [0.1, 0.15) is 68.1 Å². The van der Waals surface area contributed by atoms with Crippen LogP contribution in [0, 0.1) is 19.3 Å². The van der Waals surface area contributed by atoms with E-state index in [-0.39, 0.29) is 0 Å². The van der Waals surface area contributed by atoms with Gasteiger partial charge in [-0.1, -0.05) is 25.0 Å². The Balaban J connectivity index is 1.88. The maximum absolute atomic E-state index is 11.2. The van der Waals surface area contributed by atoms with Crippen molar-refractivity contribution in [2.24, 2.45) is 5.41 Å². The van der Waals surface area contributed by atoms with Gasteiger partial charge in [0.25, 0.3) is 0 Å². The van der Waals surface area contributed by atoms with E-state index in [4.69, 9.17) is 4.74 Å². The van der Waals surface area contributed by atoms with Crippen molar-refractivity contribution in [3.63, 3.8) is 0 Å². The molecular weight excluding hydrogens is 260 g/mol. The highest BCUT2D eigenvalue weighted by atomic mass is 16.5. The number of rotatable bonds is 2. The molecule has 1 N–H and O–H groups in total. The van der Waals surface area contributed by atoms with E-state index in [1.54, 1.807) is 7.11 Å². The van der Waals surface area contributed by atoms with Crippen LogP contribution in [-0.4, -0.2) is 12.2 Å². The molecule has 2 fully saturated rings. The first-order valence-electron chi connectivity index (χ1n) is 8.37. The monoisotopic (exact) mass is 288 g/mol.